The van der Waals surface area contributed by atoms with Crippen molar-refractivity contribution in [1.82, 2.24) is 5.32 Å². The second kappa shape index (κ2) is 6.79. The molecule has 1 N–H and O–H groups in total. The molecule has 21 heavy (non-hydrogen) atoms. The fraction of sp³-hybridized carbons (Fsp3) is 0.333. The van der Waals surface area contributed by atoms with Crippen molar-refractivity contribution < 1.29 is 4.74 Å². The van der Waals surface area contributed by atoms with E-state index < -0.39 is 0 Å². The van der Waals surface area contributed by atoms with Gasteiger partial charge in [-0.2, -0.15) is 0 Å². The van der Waals surface area contributed by atoms with Gasteiger partial charge in [-0.1, -0.05) is 29.8 Å². The van der Waals surface area contributed by atoms with Gasteiger partial charge in [-0.05, 0) is 68.5 Å². The normalized spacial score (nSPS) is 11.5. The Labute approximate surface area is 141 Å². The summed E-state index contributed by atoms with van der Waals surface area (Å²) >= 11 is 2.30. The quantitative estimate of drug-likeness (QED) is 0.712. The minimum atomic E-state index is 0.0855. The Hall–Kier alpha value is -1.07. The van der Waals surface area contributed by atoms with Crippen molar-refractivity contribution in [2.24, 2.45) is 0 Å². The van der Waals surface area contributed by atoms with Crippen LogP contribution in [0.4, 0.5) is 0 Å². The van der Waals surface area contributed by atoms with Gasteiger partial charge in [0, 0.05) is 17.6 Å². The number of hydrogen-bond acceptors (Lipinski definition) is 2. The Morgan fingerprint density at radius 1 is 1.05 bits per heavy atom. The molecule has 0 heterocycles. The van der Waals surface area contributed by atoms with E-state index in [1.165, 1.54) is 11.1 Å². The van der Waals surface area contributed by atoms with Gasteiger partial charge in [0.2, 0.25) is 0 Å². The first-order valence-electron chi connectivity index (χ1n) is 7.12. The van der Waals surface area contributed by atoms with E-state index in [1.807, 2.05) is 18.2 Å². The van der Waals surface area contributed by atoms with Crippen LogP contribution in [0.25, 0.3) is 0 Å². The lowest BCUT2D eigenvalue weighted by atomic mass is 10.1. The lowest BCUT2D eigenvalue weighted by molar-refractivity contribution is 0.413. The molecule has 2 nitrogen and oxygen atoms in total. The van der Waals surface area contributed by atoms with Crippen molar-refractivity contribution >= 4 is 22.6 Å². The van der Waals surface area contributed by atoms with Gasteiger partial charge in [0.15, 0.2) is 0 Å². The zero-order valence-electron chi connectivity index (χ0n) is 13.0. The van der Waals surface area contributed by atoms with Crippen molar-refractivity contribution in [3.8, 4) is 11.5 Å². The SMILES string of the molecule is Cc1ccc(Oc2ccccc2I)c(CNC(C)(C)C)c1. The summed E-state index contributed by atoms with van der Waals surface area (Å²) in [7, 11) is 0. The van der Waals surface area contributed by atoms with E-state index >= 15 is 0 Å². The molecule has 2 rings (SSSR count). The standard InChI is InChI=1S/C18H22INO/c1-13-9-10-16(14(11-13)12-20-18(2,3)4)21-17-8-6-5-7-15(17)19/h5-11,20H,12H2,1-4H3. The van der Waals surface area contributed by atoms with Crippen LogP contribution >= 0.6 is 22.6 Å². The molecule has 0 saturated heterocycles. The summed E-state index contributed by atoms with van der Waals surface area (Å²) in [6, 6.07) is 14.4. The number of nitrogens with one attached hydrogen (secondary N) is 1. The number of hydrogen-bond donors (Lipinski definition) is 1. The van der Waals surface area contributed by atoms with Crippen LogP contribution < -0.4 is 10.1 Å². The minimum Gasteiger partial charge on any atom is -0.456 e. The van der Waals surface area contributed by atoms with Crippen LogP contribution in [0.1, 0.15) is 31.9 Å². The van der Waals surface area contributed by atoms with Gasteiger partial charge in [-0.3, -0.25) is 0 Å². The molecule has 0 radical (unpaired) electrons. The van der Waals surface area contributed by atoms with E-state index in [-0.39, 0.29) is 5.54 Å². The zero-order chi connectivity index (χ0) is 15.5. The first-order chi connectivity index (χ1) is 9.85. The van der Waals surface area contributed by atoms with E-state index in [9.17, 15) is 0 Å². The highest BCUT2D eigenvalue weighted by Crippen LogP contribution is 2.29. The van der Waals surface area contributed by atoms with E-state index in [0.29, 0.717) is 0 Å². The minimum absolute atomic E-state index is 0.0855. The van der Waals surface area contributed by atoms with Gasteiger partial charge >= 0.3 is 0 Å². The Morgan fingerprint density at radius 2 is 1.76 bits per heavy atom. The molecule has 3 heteroatoms. The van der Waals surface area contributed by atoms with E-state index in [0.717, 1.165) is 21.6 Å². The van der Waals surface area contributed by atoms with Gasteiger partial charge in [0.1, 0.15) is 11.5 Å². The van der Waals surface area contributed by atoms with Crippen LogP contribution in [-0.4, -0.2) is 5.54 Å². The predicted octanol–water partition coefficient (Wildman–Crippen LogP) is 5.28. The maximum atomic E-state index is 6.11. The first kappa shape index (κ1) is 16.3. The van der Waals surface area contributed by atoms with Crippen molar-refractivity contribution in [3.05, 3.63) is 57.2 Å². The number of ether oxygens (including phenoxy) is 1. The maximum Gasteiger partial charge on any atom is 0.140 e. The summed E-state index contributed by atoms with van der Waals surface area (Å²) in [5.41, 5.74) is 2.52. The maximum absolute atomic E-state index is 6.11. The number of rotatable bonds is 4. The van der Waals surface area contributed by atoms with E-state index in [4.69, 9.17) is 4.74 Å². The van der Waals surface area contributed by atoms with Crippen molar-refractivity contribution in [2.45, 2.75) is 39.8 Å². The molecule has 0 fully saturated rings. The van der Waals surface area contributed by atoms with Gasteiger partial charge in [-0.15, -0.1) is 0 Å². The van der Waals surface area contributed by atoms with Gasteiger partial charge in [0.25, 0.3) is 0 Å². The molecule has 2 aromatic rings. The highest BCUT2D eigenvalue weighted by Gasteiger charge is 2.12. The second-order valence-corrected chi connectivity index (χ2v) is 7.41. The molecule has 0 aliphatic heterocycles. The number of aryl methyl sites for hydroxylation is 1. The van der Waals surface area contributed by atoms with Crippen molar-refractivity contribution in [1.29, 1.82) is 0 Å². The summed E-state index contributed by atoms with van der Waals surface area (Å²) in [5.74, 6) is 1.82. The molecule has 0 aliphatic rings. The molecule has 0 atom stereocenters. The first-order valence-corrected chi connectivity index (χ1v) is 8.20. The van der Waals surface area contributed by atoms with Gasteiger partial charge in [0.05, 0.1) is 3.57 Å². The third kappa shape index (κ3) is 5.00. The average Bonchev–Trinajstić information content (AvgIpc) is 2.40. The molecule has 0 aromatic heterocycles. The largest absolute Gasteiger partial charge is 0.456 e. The summed E-state index contributed by atoms with van der Waals surface area (Å²) < 4.78 is 7.23. The Morgan fingerprint density at radius 3 is 2.43 bits per heavy atom. The third-order valence-electron chi connectivity index (χ3n) is 3.08. The fourth-order valence-electron chi connectivity index (χ4n) is 1.95. The van der Waals surface area contributed by atoms with Crippen LogP contribution in [0.3, 0.4) is 0 Å². The number of para-hydroxylation sites is 1. The zero-order valence-corrected chi connectivity index (χ0v) is 15.2. The molecule has 0 bridgehead atoms. The Balaban J connectivity index is 2.25. The second-order valence-electron chi connectivity index (χ2n) is 6.25. The van der Waals surface area contributed by atoms with Crippen molar-refractivity contribution in [2.75, 3.05) is 0 Å². The topological polar surface area (TPSA) is 21.3 Å². The van der Waals surface area contributed by atoms with Gasteiger partial charge in [-0.25, -0.2) is 0 Å². The summed E-state index contributed by atoms with van der Waals surface area (Å²) in [4.78, 5) is 0. The van der Waals surface area contributed by atoms with E-state index in [1.54, 1.807) is 0 Å². The molecular weight excluding hydrogens is 373 g/mol. The van der Waals surface area contributed by atoms with Crippen LogP contribution in [0.15, 0.2) is 42.5 Å². The molecular formula is C18H22INO. The fourth-order valence-corrected chi connectivity index (χ4v) is 2.45. The Kier molecular flexibility index (Phi) is 5.27. The van der Waals surface area contributed by atoms with E-state index in [2.05, 4.69) is 79.9 Å². The molecule has 0 spiro atoms. The Bertz CT molecular complexity index is 617. The molecule has 0 unspecified atom stereocenters. The van der Waals surface area contributed by atoms with Crippen LogP contribution in [-0.2, 0) is 6.54 Å². The summed E-state index contributed by atoms with van der Waals surface area (Å²) in [6.07, 6.45) is 0. The molecule has 2 aromatic carbocycles. The van der Waals surface area contributed by atoms with Gasteiger partial charge < -0.3 is 10.1 Å². The van der Waals surface area contributed by atoms with Crippen LogP contribution in [0, 0.1) is 10.5 Å². The third-order valence-corrected chi connectivity index (χ3v) is 3.97. The number of halogens is 1. The van der Waals surface area contributed by atoms with Crippen LogP contribution in [0.2, 0.25) is 0 Å². The summed E-state index contributed by atoms with van der Waals surface area (Å²) in [6.45, 7) is 9.41. The number of benzene rings is 2. The molecule has 0 saturated carbocycles. The lowest BCUT2D eigenvalue weighted by Crippen LogP contribution is -2.35. The molecule has 0 aliphatic carbocycles. The highest BCUT2D eigenvalue weighted by molar-refractivity contribution is 14.1. The molecule has 0 amide bonds. The highest BCUT2D eigenvalue weighted by atomic mass is 127. The smallest absolute Gasteiger partial charge is 0.140 e. The lowest BCUT2D eigenvalue weighted by Gasteiger charge is -2.22. The van der Waals surface area contributed by atoms with Crippen molar-refractivity contribution in [3.63, 3.8) is 0 Å². The monoisotopic (exact) mass is 395 g/mol. The van der Waals surface area contributed by atoms with Crippen LogP contribution in [0.5, 0.6) is 11.5 Å². The molecule has 112 valence electrons. The summed E-state index contributed by atoms with van der Waals surface area (Å²) in [5, 5.41) is 3.52. The average molecular weight is 395 g/mol. The predicted molar refractivity (Wildman–Crippen MR) is 97.0 cm³/mol.